The molecule has 27 heavy (non-hydrogen) atoms. The fourth-order valence-corrected chi connectivity index (χ4v) is 3.38. The zero-order valence-electron chi connectivity index (χ0n) is 15.5. The normalized spacial score (nSPS) is 20.2. The molecule has 0 unspecified atom stereocenters. The molecule has 0 amide bonds. The third-order valence-corrected chi connectivity index (χ3v) is 4.85. The molecular formula is C18H22ClF2N5O. The Kier molecular flexibility index (Phi) is 5.58. The molecule has 146 valence electrons. The standard InChI is InChI=1S/C18H22ClF2N5O/c1-18(2,3)26-17(23-24-25-26)11-6-10(16(21)13(19)7-11)4-5-15(27)14-8-12(20)9-22-14/h6-7,12,14,22H,4-5,8-9H2,1-3H3/t12-,14+/m1/s1. The number of aromatic nitrogens is 4. The highest BCUT2D eigenvalue weighted by Gasteiger charge is 2.29. The first-order valence-corrected chi connectivity index (χ1v) is 9.22. The maximum Gasteiger partial charge on any atom is 0.182 e. The summed E-state index contributed by atoms with van der Waals surface area (Å²) >= 11 is 6.06. The summed E-state index contributed by atoms with van der Waals surface area (Å²) in [6.07, 6.45) is -0.567. The molecule has 0 bridgehead atoms. The third kappa shape index (κ3) is 4.32. The summed E-state index contributed by atoms with van der Waals surface area (Å²) in [4.78, 5) is 12.2. The number of nitrogens with one attached hydrogen (secondary N) is 1. The summed E-state index contributed by atoms with van der Waals surface area (Å²) in [6.45, 7) is 6.03. The summed E-state index contributed by atoms with van der Waals surface area (Å²) in [5.74, 6) is -0.226. The maximum atomic E-state index is 14.5. The lowest BCUT2D eigenvalue weighted by Gasteiger charge is -2.20. The van der Waals surface area contributed by atoms with Crippen molar-refractivity contribution in [3.63, 3.8) is 0 Å². The highest BCUT2D eigenvalue weighted by atomic mass is 35.5. The van der Waals surface area contributed by atoms with Crippen LogP contribution < -0.4 is 5.32 Å². The number of carbonyl (C=O) groups is 1. The van der Waals surface area contributed by atoms with Crippen LogP contribution >= 0.6 is 11.6 Å². The van der Waals surface area contributed by atoms with Crippen molar-refractivity contribution < 1.29 is 13.6 Å². The fourth-order valence-electron chi connectivity index (χ4n) is 3.15. The first kappa shape index (κ1) is 19.8. The van der Waals surface area contributed by atoms with Crippen LogP contribution in [0.1, 0.15) is 39.2 Å². The Bertz CT molecular complexity index is 849. The van der Waals surface area contributed by atoms with Crippen molar-refractivity contribution in [2.45, 2.75) is 57.8 Å². The third-order valence-electron chi connectivity index (χ3n) is 4.57. The first-order chi connectivity index (χ1) is 12.7. The van der Waals surface area contributed by atoms with Gasteiger partial charge in [0.15, 0.2) is 5.82 Å². The summed E-state index contributed by atoms with van der Waals surface area (Å²) in [6, 6.07) is 2.58. The highest BCUT2D eigenvalue weighted by Crippen LogP contribution is 2.29. The number of hydrogen-bond acceptors (Lipinski definition) is 5. The molecule has 9 heteroatoms. The maximum absolute atomic E-state index is 14.5. The van der Waals surface area contributed by atoms with E-state index in [1.54, 1.807) is 10.7 Å². The molecule has 1 fully saturated rings. The predicted octanol–water partition coefficient (Wildman–Crippen LogP) is 3.09. The lowest BCUT2D eigenvalue weighted by molar-refractivity contribution is -0.120. The van der Waals surface area contributed by atoms with Gasteiger partial charge in [0.1, 0.15) is 17.8 Å². The molecule has 2 atom stereocenters. The van der Waals surface area contributed by atoms with Gasteiger partial charge in [-0.1, -0.05) is 11.6 Å². The van der Waals surface area contributed by atoms with Crippen molar-refractivity contribution in [3.05, 3.63) is 28.5 Å². The number of alkyl halides is 1. The van der Waals surface area contributed by atoms with Crippen molar-refractivity contribution in [3.8, 4) is 11.4 Å². The zero-order valence-corrected chi connectivity index (χ0v) is 16.2. The number of nitrogens with zero attached hydrogens (tertiary/aromatic N) is 4. The molecule has 1 aliphatic heterocycles. The average molecular weight is 398 g/mol. The van der Waals surface area contributed by atoms with Crippen LogP contribution in [0.2, 0.25) is 5.02 Å². The Labute approximate surface area is 161 Å². The summed E-state index contributed by atoms with van der Waals surface area (Å²) in [5, 5.41) is 14.5. The summed E-state index contributed by atoms with van der Waals surface area (Å²) in [7, 11) is 0. The van der Waals surface area contributed by atoms with Gasteiger partial charge in [0.25, 0.3) is 0 Å². The van der Waals surface area contributed by atoms with Gasteiger partial charge in [-0.15, -0.1) is 5.10 Å². The number of halogens is 3. The van der Waals surface area contributed by atoms with Gasteiger partial charge in [0.05, 0.1) is 16.6 Å². The molecule has 1 N–H and O–H groups in total. The van der Waals surface area contributed by atoms with E-state index in [-0.39, 0.29) is 42.2 Å². The monoisotopic (exact) mass is 397 g/mol. The Balaban J connectivity index is 1.83. The van der Waals surface area contributed by atoms with Crippen LogP contribution in [-0.2, 0) is 16.8 Å². The number of aryl methyl sites for hydroxylation is 1. The fraction of sp³-hybridized carbons (Fsp3) is 0.556. The molecule has 3 rings (SSSR count). The molecule has 0 saturated carbocycles. The van der Waals surface area contributed by atoms with E-state index >= 15 is 0 Å². The van der Waals surface area contributed by atoms with E-state index in [0.717, 1.165) is 0 Å². The Morgan fingerprint density at radius 1 is 1.41 bits per heavy atom. The molecule has 1 saturated heterocycles. The number of tetrazole rings is 1. The number of rotatable bonds is 5. The van der Waals surface area contributed by atoms with Gasteiger partial charge in [0, 0.05) is 24.9 Å². The van der Waals surface area contributed by atoms with Gasteiger partial charge in [-0.2, -0.15) is 0 Å². The van der Waals surface area contributed by atoms with Gasteiger partial charge >= 0.3 is 0 Å². The van der Waals surface area contributed by atoms with E-state index in [0.29, 0.717) is 17.0 Å². The van der Waals surface area contributed by atoms with E-state index in [1.807, 2.05) is 20.8 Å². The molecule has 1 aliphatic rings. The number of hydrogen-bond donors (Lipinski definition) is 1. The Hall–Kier alpha value is -1.93. The van der Waals surface area contributed by atoms with Crippen molar-refractivity contribution in [1.82, 2.24) is 25.5 Å². The van der Waals surface area contributed by atoms with Crippen molar-refractivity contribution in [1.29, 1.82) is 0 Å². The first-order valence-electron chi connectivity index (χ1n) is 8.84. The van der Waals surface area contributed by atoms with Crippen LogP contribution in [0.25, 0.3) is 11.4 Å². The molecule has 0 radical (unpaired) electrons. The van der Waals surface area contributed by atoms with Crippen LogP contribution in [0.15, 0.2) is 12.1 Å². The lowest BCUT2D eigenvalue weighted by atomic mass is 9.99. The molecule has 6 nitrogen and oxygen atoms in total. The lowest BCUT2D eigenvalue weighted by Crippen LogP contribution is -2.30. The van der Waals surface area contributed by atoms with Crippen LogP contribution in [0.5, 0.6) is 0 Å². The summed E-state index contributed by atoms with van der Waals surface area (Å²) in [5.41, 5.74) is 0.517. The summed E-state index contributed by atoms with van der Waals surface area (Å²) < 4.78 is 29.3. The molecular weight excluding hydrogens is 376 g/mol. The Morgan fingerprint density at radius 2 is 2.15 bits per heavy atom. The minimum Gasteiger partial charge on any atom is -0.304 e. The van der Waals surface area contributed by atoms with Gasteiger partial charge in [0.2, 0.25) is 0 Å². The van der Waals surface area contributed by atoms with E-state index in [9.17, 15) is 13.6 Å². The van der Waals surface area contributed by atoms with Crippen LogP contribution in [-0.4, -0.2) is 44.7 Å². The van der Waals surface area contributed by atoms with Crippen LogP contribution in [0.3, 0.4) is 0 Å². The van der Waals surface area contributed by atoms with Crippen molar-refractivity contribution >= 4 is 17.4 Å². The number of benzene rings is 1. The SMILES string of the molecule is CC(C)(C)n1nnnc1-c1cc(Cl)c(F)c(CCC(=O)[C@@H]2C[C@@H](F)CN2)c1. The van der Waals surface area contributed by atoms with Crippen molar-refractivity contribution in [2.24, 2.45) is 0 Å². The second kappa shape index (κ2) is 7.59. The highest BCUT2D eigenvalue weighted by molar-refractivity contribution is 6.31. The number of carbonyl (C=O) groups excluding carboxylic acids is 1. The predicted molar refractivity (Wildman–Crippen MR) is 97.8 cm³/mol. The number of Topliss-reactive ketones (excluding diaryl/α,β-unsaturated/α-hetero) is 1. The van der Waals surface area contributed by atoms with Gasteiger partial charge in [-0.05, 0) is 55.3 Å². The van der Waals surface area contributed by atoms with Gasteiger partial charge in [-0.25, -0.2) is 13.5 Å². The number of ketones is 1. The second-order valence-corrected chi connectivity index (χ2v) is 8.18. The van der Waals surface area contributed by atoms with E-state index in [4.69, 9.17) is 11.6 Å². The van der Waals surface area contributed by atoms with Crippen molar-refractivity contribution in [2.75, 3.05) is 6.54 Å². The average Bonchev–Trinajstić information content (AvgIpc) is 3.24. The van der Waals surface area contributed by atoms with Crippen LogP contribution in [0, 0.1) is 5.82 Å². The molecule has 0 spiro atoms. The largest absolute Gasteiger partial charge is 0.304 e. The van der Waals surface area contributed by atoms with E-state index in [1.165, 1.54) is 6.07 Å². The zero-order chi connectivity index (χ0) is 19.8. The van der Waals surface area contributed by atoms with E-state index < -0.39 is 18.0 Å². The molecule has 0 aliphatic carbocycles. The second-order valence-electron chi connectivity index (χ2n) is 7.78. The van der Waals surface area contributed by atoms with E-state index in [2.05, 4.69) is 20.8 Å². The minimum atomic E-state index is -1.01. The van der Waals surface area contributed by atoms with Crippen LogP contribution in [0.4, 0.5) is 8.78 Å². The molecule has 1 aromatic carbocycles. The Morgan fingerprint density at radius 3 is 2.78 bits per heavy atom. The van der Waals surface area contributed by atoms with Gasteiger partial charge in [-0.3, -0.25) is 4.79 Å². The molecule has 2 aromatic rings. The molecule has 2 heterocycles. The minimum absolute atomic E-state index is 0.0544. The quantitative estimate of drug-likeness (QED) is 0.839. The molecule has 1 aromatic heterocycles. The topological polar surface area (TPSA) is 72.7 Å². The van der Waals surface area contributed by atoms with Gasteiger partial charge < -0.3 is 5.32 Å². The smallest absolute Gasteiger partial charge is 0.182 e.